The molecule has 2 rings (SSSR count). The molecule has 0 aliphatic rings. The van der Waals surface area contributed by atoms with Crippen molar-refractivity contribution >= 4 is 17.4 Å². The van der Waals surface area contributed by atoms with E-state index in [-0.39, 0.29) is 16.7 Å². The van der Waals surface area contributed by atoms with Crippen LogP contribution < -0.4 is 5.73 Å². The third-order valence-electron chi connectivity index (χ3n) is 2.14. The smallest absolute Gasteiger partial charge is 0.187 e. The molecule has 7 heteroatoms. The lowest BCUT2D eigenvalue weighted by atomic mass is 10.4. The largest absolute Gasteiger partial charge is 0.409 e. The number of nitrogens with zero attached hydrogens (tertiary/aromatic N) is 3. The molecule has 0 radical (unpaired) electrons. The lowest BCUT2D eigenvalue weighted by molar-refractivity contribution is 0.318. The fraction of sp³-hybridized carbons (Fsp3) is 0. The van der Waals surface area contributed by atoms with Crippen molar-refractivity contribution in [1.29, 1.82) is 0 Å². The summed E-state index contributed by atoms with van der Waals surface area (Å²) in [4.78, 5) is 3.86. The second kappa shape index (κ2) is 4.42. The fourth-order valence-electron chi connectivity index (χ4n) is 1.41. The molecular formula is C10H8ClFN4O. The Labute approximate surface area is 101 Å². The number of hydrogen-bond donors (Lipinski definition) is 2. The predicted octanol–water partition coefficient (Wildman–Crippen LogP) is 1.76. The molecule has 0 aromatic carbocycles. The van der Waals surface area contributed by atoms with Crippen LogP contribution in [0.5, 0.6) is 0 Å². The molecule has 0 bridgehead atoms. The lowest BCUT2D eigenvalue weighted by Gasteiger charge is -2.08. The van der Waals surface area contributed by atoms with Crippen LogP contribution in [0.25, 0.3) is 5.82 Å². The lowest BCUT2D eigenvalue weighted by Crippen LogP contribution is -2.18. The van der Waals surface area contributed by atoms with Gasteiger partial charge in [-0.2, -0.15) is 0 Å². The summed E-state index contributed by atoms with van der Waals surface area (Å²) in [7, 11) is 0. The highest BCUT2D eigenvalue weighted by Crippen LogP contribution is 2.17. The number of oxime groups is 1. The normalized spacial score (nSPS) is 11.8. The molecular weight excluding hydrogens is 247 g/mol. The van der Waals surface area contributed by atoms with Gasteiger partial charge in [0.1, 0.15) is 0 Å². The van der Waals surface area contributed by atoms with Crippen LogP contribution in [0.4, 0.5) is 4.39 Å². The fourth-order valence-corrected chi connectivity index (χ4v) is 1.55. The third-order valence-corrected chi connectivity index (χ3v) is 2.34. The van der Waals surface area contributed by atoms with E-state index in [0.29, 0.717) is 5.69 Å². The van der Waals surface area contributed by atoms with E-state index in [1.807, 2.05) is 0 Å². The molecule has 5 nitrogen and oxygen atoms in total. The summed E-state index contributed by atoms with van der Waals surface area (Å²) < 4.78 is 15.0. The van der Waals surface area contributed by atoms with E-state index in [1.54, 1.807) is 18.3 Å². The minimum atomic E-state index is -0.597. The van der Waals surface area contributed by atoms with Gasteiger partial charge < -0.3 is 10.9 Å². The van der Waals surface area contributed by atoms with Gasteiger partial charge in [0.05, 0.1) is 10.7 Å². The van der Waals surface area contributed by atoms with Gasteiger partial charge >= 0.3 is 0 Å². The molecule has 0 aliphatic heterocycles. The Hall–Kier alpha value is -2.08. The van der Waals surface area contributed by atoms with Crippen molar-refractivity contribution in [2.75, 3.05) is 0 Å². The zero-order valence-corrected chi connectivity index (χ0v) is 9.26. The van der Waals surface area contributed by atoms with E-state index in [1.165, 1.54) is 10.8 Å². The summed E-state index contributed by atoms with van der Waals surface area (Å²) in [5, 5.41) is 11.7. The first kappa shape index (κ1) is 11.4. The van der Waals surface area contributed by atoms with Gasteiger partial charge in [0, 0.05) is 12.4 Å². The van der Waals surface area contributed by atoms with Crippen LogP contribution in [-0.4, -0.2) is 20.6 Å². The summed E-state index contributed by atoms with van der Waals surface area (Å²) in [5.41, 5.74) is 5.79. The maximum Gasteiger partial charge on any atom is 0.187 e. The Bertz CT molecular complexity index is 581. The highest BCUT2D eigenvalue weighted by molar-refractivity contribution is 6.30. The van der Waals surface area contributed by atoms with Gasteiger partial charge in [-0.05, 0) is 18.2 Å². The first-order valence-electron chi connectivity index (χ1n) is 4.60. The molecule has 3 N–H and O–H groups in total. The zero-order valence-electron chi connectivity index (χ0n) is 8.51. The monoisotopic (exact) mass is 254 g/mol. The Kier molecular flexibility index (Phi) is 2.97. The molecule has 0 saturated carbocycles. The van der Waals surface area contributed by atoms with Crippen molar-refractivity contribution in [3.63, 3.8) is 0 Å². The topological polar surface area (TPSA) is 76.4 Å². The SMILES string of the molecule is N/C(=N/O)c1cccn1-c1ncc(Cl)cc1F. The van der Waals surface area contributed by atoms with E-state index >= 15 is 0 Å². The van der Waals surface area contributed by atoms with Crippen LogP contribution in [0.3, 0.4) is 0 Å². The zero-order chi connectivity index (χ0) is 12.4. The molecule has 0 amide bonds. The molecule has 2 aromatic rings. The van der Waals surface area contributed by atoms with Crippen molar-refractivity contribution in [1.82, 2.24) is 9.55 Å². The van der Waals surface area contributed by atoms with Crippen molar-refractivity contribution in [3.8, 4) is 5.82 Å². The van der Waals surface area contributed by atoms with Gasteiger partial charge in [0.25, 0.3) is 0 Å². The molecule has 0 spiro atoms. The number of hydrogen-bond acceptors (Lipinski definition) is 3. The summed E-state index contributed by atoms with van der Waals surface area (Å²) in [6.07, 6.45) is 2.86. The van der Waals surface area contributed by atoms with E-state index in [2.05, 4.69) is 10.1 Å². The maximum absolute atomic E-state index is 13.7. The quantitative estimate of drug-likeness (QED) is 0.371. The minimum Gasteiger partial charge on any atom is -0.409 e. The van der Waals surface area contributed by atoms with Crippen molar-refractivity contribution in [3.05, 3.63) is 47.1 Å². The second-order valence-electron chi connectivity index (χ2n) is 3.21. The molecule has 88 valence electrons. The number of pyridine rings is 1. The van der Waals surface area contributed by atoms with Crippen LogP contribution in [0.2, 0.25) is 5.02 Å². The summed E-state index contributed by atoms with van der Waals surface area (Å²) in [6, 6.07) is 4.34. The molecule has 2 aromatic heterocycles. The standard InChI is InChI=1S/C10H8ClFN4O/c11-6-4-7(12)10(14-5-6)16-3-1-2-8(16)9(13)15-17/h1-5,17H,(H2,13,15). The molecule has 0 atom stereocenters. The van der Waals surface area contributed by atoms with E-state index in [0.717, 1.165) is 6.07 Å². The Balaban J connectivity index is 2.58. The first-order valence-corrected chi connectivity index (χ1v) is 4.98. The molecule has 2 heterocycles. The molecule has 17 heavy (non-hydrogen) atoms. The Morgan fingerprint density at radius 3 is 3.00 bits per heavy atom. The van der Waals surface area contributed by atoms with E-state index in [4.69, 9.17) is 22.5 Å². The van der Waals surface area contributed by atoms with Gasteiger partial charge in [-0.1, -0.05) is 16.8 Å². The number of nitrogens with two attached hydrogens (primary N) is 1. The van der Waals surface area contributed by atoms with Crippen LogP contribution in [-0.2, 0) is 0 Å². The highest BCUT2D eigenvalue weighted by Gasteiger charge is 2.12. The van der Waals surface area contributed by atoms with Crippen molar-refractivity contribution in [2.45, 2.75) is 0 Å². The van der Waals surface area contributed by atoms with Crippen LogP contribution >= 0.6 is 11.6 Å². The Morgan fingerprint density at radius 2 is 2.35 bits per heavy atom. The van der Waals surface area contributed by atoms with Crippen LogP contribution in [0.15, 0.2) is 35.7 Å². The summed E-state index contributed by atoms with van der Waals surface area (Å²) in [6.45, 7) is 0. The number of halogens is 2. The third kappa shape index (κ3) is 2.07. The number of amidine groups is 1. The van der Waals surface area contributed by atoms with Crippen molar-refractivity contribution in [2.24, 2.45) is 10.9 Å². The average molecular weight is 255 g/mol. The molecule has 0 fully saturated rings. The van der Waals surface area contributed by atoms with Crippen LogP contribution in [0.1, 0.15) is 5.69 Å². The summed E-state index contributed by atoms with van der Waals surface area (Å²) in [5.74, 6) is -0.701. The molecule has 0 unspecified atom stereocenters. The van der Waals surface area contributed by atoms with Gasteiger partial charge in [-0.25, -0.2) is 9.37 Å². The van der Waals surface area contributed by atoms with Crippen LogP contribution in [0, 0.1) is 5.82 Å². The van der Waals surface area contributed by atoms with E-state index < -0.39 is 5.82 Å². The van der Waals surface area contributed by atoms with Crippen molar-refractivity contribution < 1.29 is 9.60 Å². The Morgan fingerprint density at radius 1 is 1.59 bits per heavy atom. The van der Waals surface area contributed by atoms with Gasteiger partial charge in [-0.3, -0.25) is 4.57 Å². The first-order chi connectivity index (χ1) is 8.13. The second-order valence-corrected chi connectivity index (χ2v) is 3.64. The molecule has 0 aliphatic carbocycles. The van der Waals surface area contributed by atoms with Gasteiger partial charge in [-0.15, -0.1) is 0 Å². The maximum atomic E-state index is 13.7. The van der Waals surface area contributed by atoms with Gasteiger partial charge in [0.2, 0.25) is 0 Å². The predicted molar refractivity (Wildman–Crippen MR) is 61.0 cm³/mol. The minimum absolute atomic E-state index is 0.0287. The summed E-state index contributed by atoms with van der Waals surface area (Å²) >= 11 is 5.61. The van der Waals surface area contributed by atoms with Gasteiger partial charge in [0.15, 0.2) is 17.5 Å². The molecule has 0 saturated heterocycles. The number of aromatic nitrogens is 2. The van der Waals surface area contributed by atoms with E-state index in [9.17, 15) is 4.39 Å². The average Bonchev–Trinajstić information content (AvgIpc) is 2.77. The highest BCUT2D eigenvalue weighted by atomic mass is 35.5. The number of rotatable bonds is 2.